The van der Waals surface area contributed by atoms with Crippen molar-refractivity contribution < 1.29 is 4.21 Å². The predicted octanol–water partition coefficient (Wildman–Crippen LogP) is 2.94. The van der Waals surface area contributed by atoms with Crippen molar-refractivity contribution in [3.05, 3.63) is 29.3 Å². The maximum Gasteiger partial charge on any atom is 0.0564 e. The molecule has 1 aliphatic rings. The van der Waals surface area contributed by atoms with Gasteiger partial charge in [0.2, 0.25) is 0 Å². The zero-order chi connectivity index (χ0) is 13.1. The minimum atomic E-state index is -0.852. The van der Waals surface area contributed by atoms with Gasteiger partial charge in [-0.1, -0.05) is 24.1 Å². The van der Waals surface area contributed by atoms with Crippen LogP contribution in [0.2, 0.25) is 0 Å². The molecule has 0 radical (unpaired) electrons. The lowest BCUT2D eigenvalue weighted by atomic mass is 9.95. The summed E-state index contributed by atoms with van der Waals surface area (Å²) in [6.07, 6.45) is 4.54. The highest BCUT2D eigenvalue weighted by Crippen LogP contribution is 2.27. The Kier molecular flexibility index (Phi) is 4.57. The monoisotopic (exact) mass is 265 g/mol. The molecule has 1 aromatic carbocycles. The van der Waals surface area contributed by atoms with Crippen molar-refractivity contribution in [3.63, 3.8) is 0 Å². The summed E-state index contributed by atoms with van der Waals surface area (Å²) in [5.74, 6) is 0. The van der Waals surface area contributed by atoms with Crippen molar-refractivity contribution in [2.24, 2.45) is 0 Å². The van der Waals surface area contributed by atoms with E-state index in [0.717, 1.165) is 17.7 Å². The van der Waals surface area contributed by atoms with Crippen molar-refractivity contribution in [1.82, 2.24) is 5.32 Å². The number of hydrogen-bond donors (Lipinski definition) is 1. The van der Waals surface area contributed by atoms with Gasteiger partial charge in [0.1, 0.15) is 0 Å². The fourth-order valence-corrected chi connectivity index (χ4v) is 4.53. The Morgan fingerprint density at radius 1 is 1.28 bits per heavy atom. The molecule has 1 N–H and O–H groups in total. The molecule has 2 nitrogen and oxygen atoms in total. The van der Waals surface area contributed by atoms with Crippen LogP contribution < -0.4 is 5.32 Å². The standard InChI is InChI=1S/C15H23NOS/c1-11-7-8-15(12(2)9-11)18(17)14-6-4-5-13(10-14)16-3/h7-9,13-14,16H,4-6,10H2,1-3H3. The van der Waals surface area contributed by atoms with Crippen LogP contribution in [0.4, 0.5) is 0 Å². The molecular weight excluding hydrogens is 242 g/mol. The fraction of sp³-hybridized carbons (Fsp3) is 0.600. The second-order valence-electron chi connectivity index (χ2n) is 5.34. The normalized spacial score (nSPS) is 25.9. The quantitative estimate of drug-likeness (QED) is 0.910. The average molecular weight is 265 g/mol. The maximum atomic E-state index is 12.7. The zero-order valence-corrected chi connectivity index (χ0v) is 12.3. The van der Waals surface area contributed by atoms with Gasteiger partial charge in [0.25, 0.3) is 0 Å². The van der Waals surface area contributed by atoms with Gasteiger partial charge < -0.3 is 5.32 Å². The Morgan fingerprint density at radius 2 is 2.06 bits per heavy atom. The fourth-order valence-electron chi connectivity index (χ4n) is 2.81. The Morgan fingerprint density at radius 3 is 2.72 bits per heavy atom. The summed E-state index contributed by atoms with van der Waals surface area (Å²) in [6, 6.07) is 6.78. The van der Waals surface area contributed by atoms with Crippen molar-refractivity contribution in [2.45, 2.75) is 55.7 Å². The first-order valence-corrected chi connectivity index (χ1v) is 7.98. The van der Waals surface area contributed by atoms with E-state index in [9.17, 15) is 4.21 Å². The van der Waals surface area contributed by atoms with Gasteiger partial charge in [0.15, 0.2) is 0 Å². The SMILES string of the molecule is CNC1CCCC(S(=O)c2ccc(C)cc2C)C1. The van der Waals surface area contributed by atoms with Gasteiger partial charge in [-0.05, 0) is 51.8 Å². The van der Waals surface area contributed by atoms with E-state index in [-0.39, 0.29) is 0 Å². The van der Waals surface area contributed by atoms with Crippen LogP contribution in [0.5, 0.6) is 0 Å². The van der Waals surface area contributed by atoms with Gasteiger partial charge in [-0.3, -0.25) is 4.21 Å². The molecule has 3 atom stereocenters. The van der Waals surface area contributed by atoms with E-state index in [4.69, 9.17) is 0 Å². The lowest BCUT2D eigenvalue weighted by molar-refractivity contribution is 0.398. The van der Waals surface area contributed by atoms with Crippen LogP contribution >= 0.6 is 0 Å². The molecule has 3 unspecified atom stereocenters. The highest BCUT2D eigenvalue weighted by atomic mass is 32.2. The molecule has 100 valence electrons. The molecule has 0 amide bonds. The van der Waals surface area contributed by atoms with Crippen LogP contribution in [-0.2, 0) is 10.8 Å². The highest BCUT2D eigenvalue weighted by Gasteiger charge is 2.26. The van der Waals surface area contributed by atoms with E-state index < -0.39 is 10.8 Å². The molecule has 0 aliphatic heterocycles. The first kappa shape index (κ1) is 13.8. The summed E-state index contributed by atoms with van der Waals surface area (Å²) in [4.78, 5) is 1.03. The molecule has 0 heterocycles. The van der Waals surface area contributed by atoms with Gasteiger partial charge in [-0.2, -0.15) is 0 Å². The molecule has 0 aromatic heterocycles. The van der Waals surface area contributed by atoms with Crippen LogP contribution in [0.1, 0.15) is 36.8 Å². The third-order valence-electron chi connectivity index (χ3n) is 3.88. The number of hydrogen-bond acceptors (Lipinski definition) is 2. The number of benzene rings is 1. The van der Waals surface area contributed by atoms with Gasteiger partial charge in [0, 0.05) is 16.2 Å². The van der Waals surface area contributed by atoms with E-state index >= 15 is 0 Å². The van der Waals surface area contributed by atoms with E-state index in [1.807, 2.05) is 13.1 Å². The van der Waals surface area contributed by atoms with E-state index in [1.54, 1.807) is 0 Å². The molecule has 1 saturated carbocycles. The third-order valence-corrected chi connectivity index (χ3v) is 5.81. The van der Waals surface area contributed by atoms with Crippen LogP contribution in [0.25, 0.3) is 0 Å². The summed E-state index contributed by atoms with van der Waals surface area (Å²) in [5, 5.41) is 3.65. The first-order chi connectivity index (χ1) is 8.61. The molecule has 1 aromatic rings. The Hall–Kier alpha value is -0.670. The second kappa shape index (κ2) is 5.98. The molecule has 3 heteroatoms. The van der Waals surface area contributed by atoms with Crippen LogP contribution in [-0.4, -0.2) is 22.5 Å². The first-order valence-electron chi connectivity index (χ1n) is 6.77. The highest BCUT2D eigenvalue weighted by molar-refractivity contribution is 7.85. The number of aryl methyl sites for hydroxylation is 2. The lowest BCUT2D eigenvalue weighted by Crippen LogP contribution is -2.35. The number of rotatable bonds is 3. The van der Waals surface area contributed by atoms with Crippen LogP contribution in [0.3, 0.4) is 0 Å². The van der Waals surface area contributed by atoms with Gasteiger partial charge >= 0.3 is 0 Å². The predicted molar refractivity (Wildman–Crippen MR) is 77.4 cm³/mol. The van der Waals surface area contributed by atoms with Crippen LogP contribution in [0.15, 0.2) is 23.1 Å². The Bertz CT molecular complexity index is 444. The molecule has 0 saturated heterocycles. The maximum absolute atomic E-state index is 12.7. The smallest absolute Gasteiger partial charge is 0.0564 e. The summed E-state index contributed by atoms with van der Waals surface area (Å²) in [7, 11) is 1.16. The summed E-state index contributed by atoms with van der Waals surface area (Å²) in [6.45, 7) is 4.15. The summed E-state index contributed by atoms with van der Waals surface area (Å²) >= 11 is 0. The van der Waals surface area contributed by atoms with Crippen molar-refractivity contribution >= 4 is 10.8 Å². The molecule has 1 fully saturated rings. The zero-order valence-electron chi connectivity index (χ0n) is 11.5. The van der Waals surface area contributed by atoms with Crippen molar-refractivity contribution in [3.8, 4) is 0 Å². The molecule has 18 heavy (non-hydrogen) atoms. The van der Waals surface area contributed by atoms with Crippen molar-refractivity contribution in [1.29, 1.82) is 0 Å². The molecule has 0 bridgehead atoms. The largest absolute Gasteiger partial charge is 0.317 e. The molecule has 2 rings (SSSR count). The van der Waals surface area contributed by atoms with E-state index in [2.05, 4.69) is 31.3 Å². The van der Waals surface area contributed by atoms with Crippen molar-refractivity contribution in [2.75, 3.05) is 7.05 Å². The average Bonchev–Trinajstić information content (AvgIpc) is 2.38. The minimum absolute atomic E-state index is 0.317. The Balaban J connectivity index is 2.15. The molecular formula is C15H23NOS. The summed E-state index contributed by atoms with van der Waals surface area (Å²) in [5.41, 5.74) is 2.41. The molecule has 0 spiro atoms. The lowest BCUT2D eigenvalue weighted by Gasteiger charge is -2.28. The van der Waals surface area contributed by atoms with Gasteiger partial charge in [-0.25, -0.2) is 0 Å². The van der Waals surface area contributed by atoms with Gasteiger partial charge in [-0.15, -0.1) is 0 Å². The van der Waals surface area contributed by atoms with Crippen LogP contribution in [0, 0.1) is 13.8 Å². The van der Waals surface area contributed by atoms with E-state index in [0.29, 0.717) is 11.3 Å². The number of nitrogens with one attached hydrogen (secondary N) is 1. The summed E-state index contributed by atoms with van der Waals surface area (Å²) < 4.78 is 12.7. The van der Waals surface area contributed by atoms with Gasteiger partial charge in [0.05, 0.1) is 10.8 Å². The molecule has 1 aliphatic carbocycles. The second-order valence-corrected chi connectivity index (χ2v) is 7.04. The van der Waals surface area contributed by atoms with E-state index in [1.165, 1.54) is 24.0 Å². The Labute approximate surface area is 113 Å². The third kappa shape index (κ3) is 3.01. The minimum Gasteiger partial charge on any atom is -0.317 e. The topological polar surface area (TPSA) is 29.1 Å².